The fourth-order valence-corrected chi connectivity index (χ4v) is 2.01. The van der Waals surface area contributed by atoms with Gasteiger partial charge >= 0.3 is 0 Å². The fraction of sp³-hybridized carbons (Fsp3) is 0.143. The molecule has 0 amide bonds. The zero-order chi connectivity index (χ0) is 13.4. The molecule has 1 nitrogen and oxygen atoms in total. The Bertz CT molecular complexity index is 598. The minimum Gasteiger partial charge on any atom is -0.396 e. The van der Waals surface area contributed by atoms with Crippen LogP contribution in [0, 0.1) is 31.3 Å². The van der Waals surface area contributed by atoms with Gasteiger partial charge in [0.15, 0.2) is 0 Å². The van der Waals surface area contributed by atoms with Crippen LogP contribution in [-0.4, -0.2) is 0 Å². The molecule has 2 aromatic carbocycles. The molecular formula is C14H12F3N. The summed E-state index contributed by atoms with van der Waals surface area (Å²) < 4.78 is 41.0. The Morgan fingerprint density at radius 1 is 0.833 bits per heavy atom. The van der Waals surface area contributed by atoms with E-state index in [0.717, 1.165) is 17.7 Å². The number of hydrogen-bond acceptors (Lipinski definition) is 1. The monoisotopic (exact) mass is 251 g/mol. The van der Waals surface area contributed by atoms with Crippen molar-refractivity contribution in [1.29, 1.82) is 0 Å². The molecule has 0 saturated carbocycles. The first-order valence-corrected chi connectivity index (χ1v) is 5.42. The fourth-order valence-electron chi connectivity index (χ4n) is 2.01. The number of hydrogen-bond donors (Lipinski definition) is 1. The number of nitrogens with two attached hydrogens (primary N) is 1. The summed E-state index contributed by atoms with van der Waals surface area (Å²) in [6.45, 7) is 3.39. The summed E-state index contributed by atoms with van der Waals surface area (Å²) in [5, 5.41) is 0. The number of benzene rings is 2. The Hall–Kier alpha value is -1.97. The first-order chi connectivity index (χ1) is 8.40. The molecule has 0 bridgehead atoms. The van der Waals surface area contributed by atoms with Crippen LogP contribution < -0.4 is 5.73 Å². The molecule has 2 aromatic rings. The Morgan fingerprint density at radius 3 is 2.11 bits per heavy atom. The molecule has 0 aromatic heterocycles. The van der Waals surface area contributed by atoms with E-state index in [1.54, 1.807) is 19.9 Å². The maximum atomic E-state index is 13.9. The second kappa shape index (κ2) is 4.37. The lowest BCUT2D eigenvalue weighted by molar-refractivity contribution is 0.600. The summed E-state index contributed by atoms with van der Waals surface area (Å²) in [7, 11) is 0. The number of halogens is 3. The minimum absolute atomic E-state index is 0.0667. The summed E-state index contributed by atoms with van der Waals surface area (Å²) in [5.74, 6) is -2.07. The van der Waals surface area contributed by atoms with Gasteiger partial charge in [0.2, 0.25) is 0 Å². The van der Waals surface area contributed by atoms with Crippen molar-refractivity contribution in [2.45, 2.75) is 13.8 Å². The van der Waals surface area contributed by atoms with Gasteiger partial charge in [-0.15, -0.1) is 0 Å². The van der Waals surface area contributed by atoms with Crippen LogP contribution in [0.3, 0.4) is 0 Å². The largest absolute Gasteiger partial charge is 0.396 e. The lowest BCUT2D eigenvalue weighted by Gasteiger charge is -2.11. The minimum atomic E-state index is -0.759. The van der Waals surface area contributed by atoms with Gasteiger partial charge in [-0.05, 0) is 37.1 Å². The van der Waals surface area contributed by atoms with Crippen molar-refractivity contribution >= 4 is 5.69 Å². The molecule has 0 heterocycles. The van der Waals surface area contributed by atoms with Crippen LogP contribution in [0.25, 0.3) is 11.1 Å². The van der Waals surface area contributed by atoms with Crippen LogP contribution in [0.4, 0.5) is 18.9 Å². The van der Waals surface area contributed by atoms with E-state index in [4.69, 9.17) is 5.73 Å². The Labute approximate surface area is 103 Å². The lowest BCUT2D eigenvalue weighted by atomic mass is 9.97. The van der Waals surface area contributed by atoms with Crippen molar-refractivity contribution < 1.29 is 13.2 Å². The molecular weight excluding hydrogens is 239 g/mol. The SMILES string of the molecule is Cc1cc(C)c(-c2cc(F)c(N)cc2F)c(F)c1. The maximum absolute atomic E-state index is 13.9. The summed E-state index contributed by atoms with van der Waals surface area (Å²) in [6, 6.07) is 4.79. The van der Waals surface area contributed by atoms with Gasteiger partial charge in [-0.2, -0.15) is 0 Å². The van der Waals surface area contributed by atoms with Gasteiger partial charge in [-0.25, -0.2) is 13.2 Å². The highest BCUT2D eigenvalue weighted by molar-refractivity contribution is 5.70. The Balaban J connectivity index is 2.73. The molecule has 0 aliphatic carbocycles. The molecule has 0 fully saturated rings. The van der Waals surface area contributed by atoms with E-state index in [2.05, 4.69) is 0 Å². The van der Waals surface area contributed by atoms with E-state index in [1.165, 1.54) is 6.07 Å². The highest BCUT2D eigenvalue weighted by Crippen LogP contribution is 2.31. The van der Waals surface area contributed by atoms with Gasteiger partial charge in [0.1, 0.15) is 17.5 Å². The van der Waals surface area contributed by atoms with Crippen molar-refractivity contribution in [3.8, 4) is 11.1 Å². The molecule has 4 heteroatoms. The molecule has 0 aliphatic heterocycles. The number of nitrogen functional groups attached to an aromatic ring is 1. The second-order valence-corrected chi connectivity index (χ2v) is 4.29. The molecule has 0 aliphatic rings. The van der Waals surface area contributed by atoms with Crippen LogP contribution in [-0.2, 0) is 0 Å². The third-order valence-corrected chi connectivity index (χ3v) is 2.79. The van der Waals surface area contributed by atoms with Crippen LogP contribution in [0.15, 0.2) is 24.3 Å². The predicted octanol–water partition coefficient (Wildman–Crippen LogP) is 3.97. The smallest absolute Gasteiger partial charge is 0.146 e. The van der Waals surface area contributed by atoms with Crippen LogP contribution in [0.5, 0.6) is 0 Å². The van der Waals surface area contributed by atoms with Gasteiger partial charge in [0.05, 0.1) is 5.69 Å². The quantitative estimate of drug-likeness (QED) is 0.762. The standard InChI is InChI=1S/C14H12F3N/c1-7-3-8(2)14(12(17)4-7)9-5-11(16)13(18)6-10(9)15/h3-6H,18H2,1-2H3. The molecule has 0 spiro atoms. The number of rotatable bonds is 1. The van der Waals surface area contributed by atoms with Crippen molar-refractivity contribution in [2.24, 2.45) is 0 Å². The predicted molar refractivity (Wildman–Crippen MR) is 65.6 cm³/mol. The Kier molecular flexibility index (Phi) is 3.03. The summed E-state index contributed by atoms with van der Waals surface area (Å²) in [4.78, 5) is 0. The molecule has 0 atom stereocenters. The van der Waals surface area contributed by atoms with Crippen molar-refractivity contribution in [3.63, 3.8) is 0 Å². The summed E-state index contributed by atoms with van der Waals surface area (Å²) >= 11 is 0. The van der Waals surface area contributed by atoms with Crippen LogP contribution >= 0.6 is 0 Å². The van der Waals surface area contributed by atoms with E-state index < -0.39 is 17.5 Å². The molecule has 0 unspecified atom stereocenters. The molecule has 2 N–H and O–H groups in total. The van der Waals surface area contributed by atoms with Gasteiger partial charge in [0, 0.05) is 17.2 Å². The van der Waals surface area contributed by atoms with Gasteiger partial charge < -0.3 is 5.73 Å². The van der Waals surface area contributed by atoms with E-state index in [9.17, 15) is 13.2 Å². The first kappa shape index (κ1) is 12.5. The zero-order valence-corrected chi connectivity index (χ0v) is 10.0. The molecule has 0 saturated heterocycles. The normalized spacial score (nSPS) is 10.7. The Morgan fingerprint density at radius 2 is 1.50 bits per heavy atom. The molecule has 0 radical (unpaired) electrons. The number of anilines is 1. The number of aryl methyl sites for hydroxylation is 2. The van der Waals surface area contributed by atoms with Gasteiger partial charge in [0.25, 0.3) is 0 Å². The van der Waals surface area contributed by atoms with Crippen LogP contribution in [0.1, 0.15) is 11.1 Å². The van der Waals surface area contributed by atoms with E-state index in [1.807, 2.05) is 0 Å². The van der Waals surface area contributed by atoms with Crippen molar-refractivity contribution in [3.05, 3.63) is 52.8 Å². The van der Waals surface area contributed by atoms with E-state index in [0.29, 0.717) is 5.56 Å². The molecule has 94 valence electrons. The molecule has 2 rings (SSSR count). The highest BCUT2D eigenvalue weighted by atomic mass is 19.1. The van der Waals surface area contributed by atoms with E-state index >= 15 is 0 Å². The summed E-state index contributed by atoms with van der Waals surface area (Å²) in [5.41, 5.74) is 6.20. The van der Waals surface area contributed by atoms with Crippen molar-refractivity contribution in [1.82, 2.24) is 0 Å². The average molecular weight is 251 g/mol. The van der Waals surface area contributed by atoms with Gasteiger partial charge in [-0.1, -0.05) is 6.07 Å². The lowest BCUT2D eigenvalue weighted by Crippen LogP contribution is -1.98. The van der Waals surface area contributed by atoms with Gasteiger partial charge in [-0.3, -0.25) is 0 Å². The molecule has 18 heavy (non-hydrogen) atoms. The third-order valence-electron chi connectivity index (χ3n) is 2.79. The van der Waals surface area contributed by atoms with E-state index in [-0.39, 0.29) is 16.8 Å². The second-order valence-electron chi connectivity index (χ2n) is 4.29. The summed E-state index contributed by atoms with van der Waals surface area (Å²) in [6.07, 6.45) is 0. The van der Waals surface area contributed by atoms with Crippen LogP contribution in [0.2, 0.25) is 0 Å². The highest BCUT2D eigenvalue weighted by Gasteiger charge is 2.16. The third kappa shape index (κ3) is 2.06. The van der Waals surface area contributed by atoms with Crippen molar-refractivity contribution in [2.75, 3.05) is 5.73 Å². The average Bonchev–Trinajstić information content (AvgIpc) is 2.24. The maximum Gasteiger partial charge on any atom is 0.146 e. The first-order valence-electron chi connectivity index (χ1n) is 5.42. The zero-order valence-electron chi connectivity index (χ0n) is 10.0. The topological polar surface area (TPSA) is 26.0 Å².